The maximum absolute atomic E-state index is 12.5. The highest BCUT2D eigenvalue weighted by atomic mass is 16.6. The van der Waals surface area contributed by atoms with Gasteiger partial charge < -0.3 is 20.3 Å². The summed E-state index contributed by atoms with van der Waals surface area (Å²) in [5.74, 6) is 0.0835. The molecule has 0 aromatic carbocycles. The number of likely N-dealkylation sites (N-methyl/N-ethyl adjacent to an activating group) is 1. The molecule has 1 rings (SSSR count). The van der Waals surface area contributed by atoms with E-state index in [2.05, 4.69) is 10.6 Å². The average Bonchev–Trinajstić information content (AvgIpc) is 2.43. The molecule has 0 radical (unpaired) electrons. The first-order chi connectivity index (χ1) is 10.7. The summed E-state index contributed by atoms with van der Waals surface area (Å²) in [6.07, 6.45) is 4.86. The second-order valence-corrected chi connectivity index (χ2v) is 7.62. The van der Waals surface area contributed by atoms with Crippen LogP contribution in [0.3, 0.4) is 0 Å². The number of nitrogens with zero attached hydrogens (tertiary/aromatic N) is 1. The number of hydrogen-bond acceptors (Lipinski definition) is 4. The maximum Gasteiger partial charge on any atom is 0.408 e. The first-order valence-electron chi connectivity index (χ1n) is 8.61. The van der Waals surface area contributed by atoms with Crippen molar-refractivity contribution >= 4 is 12.0 Å². The van der Waals surface area contributed by atoms with E-state index in [0.29, 0.717) is 6.54 Å². The highest BCUT2D eigenvalue weighted by Crippen LogP contribution is 2.27. The van der Waals surface area contributed by atoms with Gasteiger partial charge in [0, 0.05) is 13.1 Å². The van der Waals surface area contributed by atoms with Crippen molar-refractivity contribution in [1.29, 1.82) is 0 Å². The largest absolute Gasteiger partial charge is 0.444 e. The lowest BCUT2D eigenvalue weighted by Crippen LogP contribution is -2.53. The van der Waals surface area contributed by atoms with Gasteiger partial charge in [-0.25, -0.2) is 4.79 Å². The molecule has 0 aliphatic heterocycles. The first kappa shape index (κ1) is 19.7. The third kappa shape index (κ3) is 8.21. The minimum Gasteiger partial charge on any atom is -0.444 e. The van der Waals surface area contributed by atoms with Crippen molar-refractivity contribution in [3.8, 4) is 0 Å². The average molecular weight is 327 g/mol. The summed E-state index contributed by atoms with van der Waals surface area (Å²) in [6, 6.07) is -0.507. The molecule has 0 saturated heterocycles. The highest BCUT2D eigenvalue weighted by molar-refractivity contribution is 5.86. The summed E-state index contributed by atoms with van der Waals surface area (Å²) >= 11 is 0. The lowest BCUT2D eigenvalue weighted by Gasteiger charge is -2.31. The highest BCUT2D eigenvalue weighted by Gasteiger charge is 2.32. The smallest absolute Gasteiger partial charge is 0.408 e. The predicted molar refractivity (Wildman–Crippen MR) is 91.3 cm³/mol. The van der Waals surface area contributed by atoms with Crippen LogP contribution in [-0.2, 0) is 9.53 Å². The van der Waals surface area contributed by atoms with Crippen LogP contribution in [0.15, 0.2) is 0 Å². The third-order valence-electron chi connectivity index (χ3n) is 3.93. The van der Waals surface area contributed by atoms with Crippen LogP contribution >= 0.6 is 0 Å². The minimum absolute atomic E-state index is 0.107. The molecule has 1 atom stereocenters. The number of ether oxygens (including phenoxy) is 1. The quantitative estimate of drug-likeness (QED) is 0.784. The van der Waals surface area contributed by atoms with E-state index in [9.17, 15) is 9.59 Å². The van der Waals surface area contributed by atoms with Crippen molar-refractivity contribution in [2.24, 2.45) is 5.92 Å². The molecule has 0 bridgehead atoms. The van der Waals surface area contributed by atoms with Gasteiger partial charge in [-0.05, 0) is 53.6 Å². The van der Waals surface area contributed by atoms with E-state index in [0.717, 1.165) is 32.2 Å². The second kappa shape index (κ2) is 9.11. The molecule has 0 aromatic rings. The van der Waals surface area contributed by atoms with Crippen LogP contribution in [0, 0.1) is 5.92 Å². The van der Waals surface area contributed by atoms with E-state index >= 15 is 0 Å². The summed E-state index contributed by atoms with van der Waals surface area (Å²) in [4.78, 5) is 26.6. The van der Waals surface area contributed by atoms with Gasteiger partial charge in [-0.3, -0.25) is 4.79 Å². The fraction of sp³-hybridized carbons (Fsp3) is 0.882. The Hall–Kier alpha value is -1.30. The van der Waals surface area contributed by atoms with E-state index < -0.39 is 17.7 Å². The Morgan fingerprint density at radius 1 is 1.17 bits per heavy atom. The summed E-state index contributed by atoms with van der Waals surface area (Å²) in [7, 11) is 3.92. The SMILES string of the molecule is CN(C)CCNC(=O)[C@@H](NC(=O)OC(C)(C)C)C1CCCCC1. The fourth-order valence-corrected chi connectivity index (χ4v) is 2.81. The topological polar surface area (TPSA) is 70.7 Å². The first-order valence-corrected chi connectivity index (χ1v) is 8.61. The van der Waals surface area contributed by atoms with Gasteiger partial charge in [0.15, 0.2) is 0 Å². The Labute approximate surface area is 140 Å². The lowest BCUT2D eigenvalue weighted by molar-refractivity contribution is -0.124. The van der Waals surface area contributed by atoms with Crippen molar-refractivity contribution < 1.29 is 14.3 Å². The molecule has 1 aliphatic carbocycles. The van der Waals surface area contributed by atoms with E-state index in [1.165, 1.54) is 6.42 Å². The molecule has 0 spiro atoms. The van der Waals surface area contributed by atoms with E-state index in [1.54, 1.807) is 0 Å². The van der Waals surface area contributed by atoms with Crippen molar-refractivity contribution in [1.82, 2.24) is 15.5 Å². The molecule has 1 saturated carbocycles. The molecule has 1 aliphatic rings. The molecule has 134 valence electrons. The van der Waals surface area contributed by atoms with Crippen molar-refractivity contribution in [2.75, 3.05) is 27.2 Å². The van der Waals surface area contributed by atoms with E-state index in [1.807, 2.05) is 39.8 Å². The Kier molecular flexibility index (Phi) is 7.82. The molecule has 6 nitrogen and oxygen atoms in total. The zero-order valence-electron chi connectivity index (χ0n) is 15.3. The van der Waals surface area contributed by atoms with Crippen molar-refractivity contribution in [2.45, 2.75) is 64.5 Å². The van der Waals surface area contributed by atoms with Crippen LogP contribution < -0.4 is 10.6 Å². The second-order valence-electron chi connectivity index (χ2n) is 7.62. The van der Waals surface area contributed by atoms with E-state index in [-0.39, 0.29) is 11.8 Å². The molecule has 6 heteroatoms. The monoisotopic (exact) mass is 327 g/mol. The third-order valence-corrected chi connectivity index (χ3v) is 3.93. The number of rotatable bonds is 6. The normalized spacial score (nSPS) is 17.7. The van der Waals surface area contributed by atoms with Gasteiger partial charge in [0.1, 0.15) is 11.6 Å². The van der Waals surface area contributed by atoms with Gasteiger partial charge in [0.05, 0.1) is 0 Å². The number of nitrogens with one attached hydrogen (secondary N) is 2. The summed E-state index contributed by atoms with van der Waals surface area (Å²) in [5, 5.41) is 5.72. The molecule has 0 heterocycles. The van der Waals surface area contributed by atoms with Crippen LogP contribution in [0.1, 0.15) is 52.9 Å². The molecule has 1 fully saturated rings. The van der Waals surface area contributed by atoms with Crippen molar-refractivity contribution in [3.05, 3.63) is 0 Å². The fourth-order valence-electron chi connectivity index (χ4n) is 2.81. The molecular formula is C17H33N3O3. The summed E-state index contributed by atoms with van der Waals surface area (Å²) in [6.45, 7) is 6.80. The van der Waals surface area contributed by atoms with Gasteiger partial charge in [0.25, 0.3) is 0 Å². The number of carbonyl (C=O) groups is 2. The Balaban J connectivity index is 2.64. The number of alkyl carbamates (subject to hydrolysis) is 1. The molecule has 0 unspecified atom stereocenters. The van der Waals surface area contributed by atoms with E-state index in [4.69, 9.17) is 4.74 Å². The van der Waals surface area contributed by atoms with Gasteiger partial charge in [-0.1, -0.05) is 19.3 Å². The van der Waals surface area contributed by atoms with Gasteiger partial charge in [-0.2, -0.15) is 0 Å². The number of carbonyl (C=O) groups excluding carboxylic acids is 2. The zero-order valence-corrected chi connectivity index (χ0v) is 15.3. The minimum atomic E-state index is -0.567. The summed E-state index contributed by atoms with van der Waals surface area (Å²) < 4.78 is 5.31. The van der Waals surface area contributed by atoms with Crippen LogP contribution in [0.25, 0.3) is 0 Å². The Morgan fingerprint density at radius 3 is 2.30 bits per heavy atom. The zero-order chi connectivity index (χ0) is 17.5. The number of hydrogen-bond donors (Lipinski definition) is 2. The van der Waals surface area contributed by atoms with Crippen LogP contribution in [0.4, 0.5) is 4.79 Å². The lowest BCUT2D eigenvalue weighted by atomic mass is 9.83. The number of amides is 2. The molecule has 2 amide bonds. The maximum atomic E-state index is 12.5. The molecular weight excluding hydrogens is 294 g/mol. The van der Waals surface area contributed by atoms with Gasteiger partial charge in [-0.15, -0.1) is 0 Å². The predicted octanol–water partition coefficient (Wildman–Crippen LogP) is 2.14. The summed E-state index contributed by atoms with van der Waals surface area (Å²) in [5.41, 5.74) is -0.567. The molecule has 0 aromatic heterocycles. The standard InChI is InChI=1S/C17H33N3O3/c1-17(2,3)23-16(22)19-14(13-9-7-6-8-10-13)15(21)18-11-12-20(4)5/h13-14H,6-12H2,1-5H3,(H,18,21)(H,19,22)/t14-/m0/s1. The Morgan fingerprint density at radius 2 is 1.78 bits per heavy atom. The van der Waals surface area contributed by atoms with Crippen LogP contribution in [0.2, 0.25) is 0 Å². The molecule has 23 heavy (non-hydrogen) atoms. The molecule has 2 N–H and O–H groups in total. The Bertz CT molecular complexity index is 385. The van der Waals surface area contributed by atoms with Gasteiger partial charge >= 0.3 is 6.09 Å². The van der Waals surface area contributed by atoms with Crippen LogP contribution in [-0.4, -0.2) is 55.7 Å². The van der Waals surface area contributed by atoms with Gasteiger partial charge in [0.2, 0.25) is 5.91 Å². The van der Waals surface area contributed by atoms with Crippen LogP contribution in [0.5, 0.6) is 0 Å². The van der Waals surface area contributed by atoms with Crippen molar-refractivity contribution in [3.63, 3.8) is 0 Å².